The Bertz CT molecular complexity index is 3100. The zero-order chi connectivity index (χ0) is 36.5. The molecule has 55 heavy (non-hydrogen) atoms. The topological polar surface area (TPSA) is 9.86 Å². The number of aryl methyl sites for hydroxylation is 3. The molecule has 8 aromatic carbocycles. The van der Waals surface area contributed by atoms with Gasteiger partial charge < -0.3 is 9.13 Å². The van der Waals surface area contributed by atoms with Crippen LogP contribution in [0.4, 0.5) is 0 Å². The molecule has 0 atom stereocenters. The first kappa shape index (κ1) is 31.8. The fourth-order valence-electron chi connectivity index (χ4n) is 9.69. The van der Waals surface area contributed by atoms with Crippen LogP contribution in [0.2, 0.25) is 0 Å². The minimum atomic E-state index is 0.953. The molecule has 2 heterocycles. The van der Waals surface area contributed by atoms with Crippen molar-refractivity contribution in [3.63, 3.8) is 0 Å². The Hall–Kier alpha value is -6.64. The average Bonchev–Trinajstić information content (AvgIpc) is 3.91. The summed E-state index contributed by atoms with van der Waals surface area (Å²) in [5.74, 6) is 0. The Morgan fingerprint density at radius 1 is 0.418 bits per heavy atom. The number of rotatable bonds is 7. The van der Waals surface area contributed by atoms with Crippen molar-refractivity contribution in [2.45, 2.75) is 32.6 Å². The molecule has 2 nitrogen and oxygen atoms in total. The second-order valence-corrected chi connectivity index (χ2v) is 15.0. The van der Waals surface area contributed by atoms with E-state index in [0.29, 0.717) is 0 Å². The second-order valence-electron chi connectivity index (χ2n) is 15.0. The Kier molecular flexibility index (Phi) is 7.38. The lowest BCUT2D eigenvalue weighted by atomic mass is 9.88. The summed E-state index contributed by atoms with van der Waals surface area (Å²) in [6.45, 7) is 2.28. The summed E-state index contributed by atoms with van der Waals surface area (Å²) >= 11 is 0. The molecule has 11 rings (SSSR count). The van der Waals surface area contributed by atoms with Gasteiger partial charge in [-0.2, -0.15) is 0 Å². The summed E-state index contributed by atoms with van der Waals surface area (Å²) in [5, 5.41) is 5.19. The lowest BCUT2D eigenvalue weighted by Crippen LogP contribution is -2.01. The van der Waals surface area contributed by atoms with Crippen molar-refractivity contribution in [2.24, 2.45) is 0 Å². The third kappa shape index (κ3) is 4.95. The molecule has 0 N–H and O–H groups in total. The normalized spacial score (nSPS) is 12.2. The summed E-state index contributed by atoms with van der Waals surface area (Å²) in [4.78, 5) is 0. The van der Waals surface area contributed by atoms with Crippen LogP contribution in [0, 0.1) is 0 Å². The van der Waals surface area contributed by atoms with Gasteiger partial charge in [0.15, 0.2) is 0 Å². The highest BCUT2D eigenvalue weighted by Crippen LogP contribution is 2.43. The van der Waals surface area contributed by atoms with Crippen LogP contribution in [0.5, 0.6) is 0 Å². The van der Waals surface area contributed by atoms with E-state index in [4.69, 9.17) is 0 Å². The second kappa shape index (κ2) is 12.7. The molecule has 10 aromatic rings. The van der Waals surface area contributed by atoms with Crippen molar-refractivity contribution in [2.75, 3.05) is 0 Å². The molecule has 1 aliphatic rings. The SMILES string of the molecule is CCc1ccccc1-c1ccc2c(c1CCc1cccc3c1Cc1ccccc1-3)c1ccccc1n2-c1ccc2c(c1)c1ccccc1n2-c1ccccc1. The number of nitrogens with zero attached hydrogens (tertiary/aromatic N) is 2. The van der Waals surface area contributed by atoms with Gasteiger partial charge in [0, 0.05) is 32.9 Å². The van der Waals surface area contributed by atoms with Crippen molar-refractivity contribution in [3.05, 3.63) is 204 Å². The third-order valence-corrected chi connectivity index (χ3v) is 12.2. The molecule has 0 spiro atoms. The largest absolute Gasteiger partial charge is 0.309 e. The monoisotopic (exact) mass is 704 g/mol. The van der Waals surface area contributed by atoms with Crippen LogP contribution in [0.25, 0.3) is 77.2 Å². The number of para-hydroxylation sites is 3. The van der Waals surface area contributed by atoms with Gasteiger partial charge in [0.25, 0.3) is 0 Å². The van der Waals surface area contributed by atoms with Gasteiger partial charge >= 0.3 is 0 Å². The number of hydrogen-bond acceptors (Lipinski definition) is 0. The number of fused-ring (bicyclic) bond motifs is 9. The molecule has 0 unspecified atom stereocenters. The fourth-order valence-corrected chi connectivity index (χ4v) is 9.69. The summed E-state index contributed by atoms with van der Waals surface area (Å²) < 4.78 is 4.91. The lowest BCUT2D eigenvalue weighted by Gasteiger charge is -2.17. The van der Waals surface area contributed by atoms with Crippen LogP contribution < -0.4 is 0 Å². The standard InChI is InChI=1S/C53H40N2/c1-2-35-15-6-8-20-40(35)43-30-32-52-53(45(43)29-27-36-17-14-24-42-41-21-9-7-16-37(41)33-47(36)42)46-23-11-13-26-50(46)55(52)39-28-31-51-48(34-39)44-22-10-12-25-49(44)54(51)38-18-4-3-5-19-38/h3-26,28,30-32,34H,2,27,29,33H2,1H3. The first-order valence-electron chi connectivity index (χ1n) is 19.7. The Labute approximate surface area is 321 Å². The van der Waals surface area contributed by atoms with Gasteiger partial charge in [-0.25, -0.2) is 0 Å². The van der Waals surface area contributed by atoms with Crippen molar-refractivity contribution >= 4 is 43.6 Å². The van der Waals surface area contributed by atoms with Gasteiger partial charge in [0.1, 0.15) is 0 Å². The van der Waals surface area contributed by atoms with E-state index in [1.165, 1.54) is 105 Å². The highest BCUT2D eigenvalue weighted by atomic mass is 15.0. The van der Waals surface area contributed by atoms with Crippen LogP contribution in [-0.4, -0.2) is 9.13 Å². The molecule has 2 heteroatoms. The molecule has 262 valence electrons. The molecule has 0 saturated carbocycles. The predicted octanol–water partition coefficient (Wildman–Crippen LogP) is 13.5. The zero-order valence-electron chi connectivity index (χ0n) is 31.0. The van der Waals surface area contributed by atoms with Crippen LogP contribution in [0.15, 0.2) is 176 Å². The fraction of sp³-hybridized carbons (Fsp3) is 0.0943. The first-order chi connectivity index (χ1) is 27.3. The minimum absolute atomic E-state index is 0.953. The smallest absolute Gasteiger partial charge is 0.0544 e. The van der Waals surface area contributed by atoms with Gasteiger partial charge in [-0.1, -0.05) is 134 Å². The van der Waals surface area contributed by atoms with Crippen molar-refractivity contribution in [3.8, 4) is 33.6 Å². The van der Waals surface area contributed by atoms with Crippen molar-refractivity contribution in [1.29, 1.82) is 0 Å². The van der Waals surface area contributed by atoms with Gasteiger partial charge in [0.05, 0.1) is 22.1 Å². The molecule has 0 saturated heterocycles. The Balaban J connectivity index is 1.13. The summed E-state index contributed by atoms with van der Waals surface area (Å²) in [6, 6.07) is 65.3. The summed E-state index contributed by atoms with van der Waals surface area (Å²) in [6.07, 6.45) is 3.95. The van der Waals surface area contributed by atoms with Crippen molar-refractivity contribution < 1.29 is 0 Å². The third-order valence-electron chi connectivity index (χ3n) is 12.2. The minimum Gasteiger partial charge on any atom is -0.309 e. The van der Waals surface area contributed by atoms with Crippen molar-refractivity contribution in [1.82, 2.24) is 9.13 Å². The Morgan fingerprint density at radius 2 is 1.05 bits per heavy atom. The maximum atomic E-state index is 2.51. The van der Waals surface area contributed by atoms with E-state index in [2.05, 4.69) is 192 Å². The van der Waals surface area contributed by atoms with E-state index in [1.807, 2.05) is 0 Å². The summed E-state index contributed by atoms with van der Waals surface area (Å²) in [7, 11) is 0. The molecule has 0 fully saturated rings. The molecular weight excluding hydrogens is 665 g/mol. The lowest BCUT2D eigenvalue weighted by molar-refractivity contribution is 0.952. The van der Waals surface area contributed by atoms with E-state index < -0.39 is 0 Å². The Morgan fingerprint density at radius 3 is 1.91 bits per heavy atom. The maximum Gasteiger partial charge on any atom is 0.0544 e. The first-order valence-corrected chi connectivity index (χ1v) is 19.7. The highest BCUT2D eigenvalue weighted by molar-refractivity contribution is 6.14. The number of hydrogen-bond donors (Lipinski definition) is 0. The summed E-state index contributed by atoms with van der Waals surface area (Å²) in [5.41, 5.74) is 20.0. The molecule has 2 aromatic heterocycles. The number of benzene rings is 8. The van der Waals surface area contributed by atoms with Crippen LogP contribution in [0.3, 0.4) is 0 Å². The van der Waals surface area contributed by atoms with E-state index >= 15 is 0 Å². The van der Waals surface area contributed by atoms with Gasteiger partial charge in [0.2, 0.25) is 0 Å². The molecular formula is C53H40N2. The van der Waals surface area contributed by atoms with Gasteiger partial charge in [-0.05, 0) is 124 Å². The molecule has 0 aliphatic heterocycles. The van der Waals surface area contributed by atoms with Crippen LogP contribution in [0.1, 0.15) is 34.7 Å². The highest BCUT2D eigenvalue weighted by Gasteiger charge is 2.23. The van der Waals surface area contributed by atoms with E-state index in [0.717, 1.165) is 25.7 Å². The van der Waals surface area contributed by atoms with E-state index in [9.17, 15) is 0 Å². The van der Waals surface area contributed by atoms with E-state index in [-0.39, 0.29) is 0 Å². The molecule has 0 amide bonds. The average molecular weight is 705 g/mol. The molecule has 0 bridgehead atoms. The molecule has 1 aliphatic carbocycles. The van der Waals surface area contributed by atoms with Crippen LogP contribution in [-0.2, 0) is 25.7 Å². The predicted molar refractivity (Wildman–Crippen MR) is 232 cm³/mol. The van der Waals surface area contributed by atoms with Crippen LogP contribution >= 0.6 is 0 Å². The number of aromatic nitrogens is 2. The quantitative estimate of drug-likeness (QED) is 0.156. The van der Waals surface area contributed by atoms with E-state index in [1.54, 1.807) is 0 Å². The maximum absolute atomic E-state index is 2.51. The zero-order valence-corrected chi connectivity index (χ0v) is 31.0. The van der Waals surface area contributed by atoms with Gasteiger partial charge in [-0.3, -0.25) is 0 Å². The molecule has 0 radical (unpaired) electrons. The van der Waals surface area contributed by atoms with Gasteiger partial charge in [-0.15, -0.1) is 0 Å².